The monoisotopic (exact) mass is 283 g/mol. The third-order valence-corrected chi connectivity index (χ3v) is 4.07. The predicted octanol–water partition coefficient (Wildman–Crippen LogP) is 3.39. The first kappa shape index (κ1) is 11.9. The van der Waals surface area contributed by atoms with Crippen molar-refractivity contribution in [2.75, 3.05) is 13.1 Å². The molecule has 1 aliphatic rings. The molecule has 0 radical (unpaired) electrons. The van der Waals surface area contributed by atoms with Crippen LogP contribution in [0.1, 0.15) is 25.3 Å². The van der Waals surface area contributed by atoms with Crippen LogP contribution >= 0.6 is 15.9 Å². The number of benzene rings is 1. The van der Waals surface area contributed by atoms with Crippen LogP contribution < -0.4 is 0 Å². The van der Waals surface area contributed by atoms with Gasteiger partial charge in [-0.25, -0.2) is 0 Å². The normalized spacial score (nSPS) is 18.9. The average molecular weight is 284 g/mol. The molecule has 0 bridgehead atoms. The summed E-state index contributed by atoms with van der Waals surface area (Å²) in [5, 5.41) is 9.47. The number of rotatable bonds is 2. The Morgan fingerprint density at radius 3 is 2.75 bits per heavy atom. The van der Waals surface area contributed by atoms with Gasteiger partial charge < -0.3 is 5.11 Å². The van der Waals surface area contributed by atoms with E-state index in [4.69, 9.17) is 0 Å². The summed E-state index contributed by atoms with van der Waals surface area (Å²) in [6.45, 7) is 5.59. The van der Waals surface area contributed by atoms with Crippen molar-refractivity contribution >= 4 is 15.9 Å². The lowest BCUT2D eigenvalue weighted by atomic mass is 9.99. The Labute approximate surface area is 105 Å². The van der Waals surface area contributed by atoms with Crippen molar-refractivity contribution in [1.82, 2.24) is 4.90 Å². The molecule has 1 fully saturated rings. The molecule has 0 spiro atoms. The van der Waals surface area contributed by atoms with Gasteiger partial charge in [-0.05, 0) is 55.6 Å². The Balaban J connectivity index is 2.00. The highest BCUT2D eigenvalue weighted by Crippen LogP contribution is 2.25. The average Bonchev–Trinajstić information content (AvgIpc) is 2.27. The number of aromatic hydroxyl groups is 1. The predicted molar refractivity (Wildman–Crippen MR) is 69.5 cm³/mol. The summed E-state index contributed by atoms with van der Waals surface area (Å²) < 4.78 is 1.09. The molecule has 1 heterocycles. The number of hydrogen-bond donors (Lipinski definition) is 1. The molecule has 0 saturated carbocycles. The maximum Gasteiger partial charge on any atom is 0.115 e. The first-order valence-electron chi connectivity index (χ1n) is 5.85. The third-order valence-electron chi connectivity index (χ3n) is 3.30. The molecule has 1 N–H and O–H groups in total. The number of phenols is 1. The fourth-order valence-corrected chi connectivity index (χ4v) is 2.52. The molecular formula is C13H18BrNO. The summed E-state index contributed by atoms with van der Waals surface area (Å²) >= 11 is 3.53. The second-order valence-electron chi connectivity index (χ2n) is 4.73. The zero-order valence-electron chi connectivity index (χ0n) is 9.62. The second-order valence-corrected chi connectivity index (χ2v) is 5.59. The van der Waals surface area contributed by atoms with Crippen LogP contribution in [0, 0.1) is 5.92 Å². The maximum atomic E-state index is 9.47. The molecule has 1 aromatic rings. The molecular weight excluding hydrogens is 266 g/mol. The van der Waals surface area contributed by atoms with Crippen LogP contribution in [0.3, 0.4) is 0 Å². The van der Waals surface area contributed by atoms with E-state index in [1.165, 1.54) is 31.5 Å². The molecule has 0 atom stereocenters. The van der Waals surface area contributed by atoms with Crippen LogP contribution in [-0.2, 0) is 6.54 Å². The minimum atomic E-state index is 0.351. The Hall–Kier alpha value is -0.540. The van der Waals surface area contributed by atoms with Crippen molar-refractivity contribution in [1.29, 1.82) is 0 Å². The Bertz CT molecular complexity index is 359. The smallest absolute Gasteiger partial charge is 0.115 e. The van der Waals surface area contributed by atoms with Crippen molar-refractivity contribution in [3.05, 3.63) is 28.2 Å². The number of phenolic OH excluding ortho intramolecular Hbond substituents is 1. The van der Waals surface area contributed by atoms with E-state index in [-0.39, 0.29) is 0 Å². The van der Waals surface area contributed by atoms with Crippen LogP contribution in [0.4, 0.5) is 0 Å². The highest BCUT2D eigenvalue weighted by atomic mass is 79.9. The molecule has 0 amide bonds. The van der Waals surface area contributed by atoms with Crippen molar-refractivity contribution in [2.45, 2.75) is 26.3 Å². The molecule has 88 valence electrons. The van der Waals surface area contributed by atoms with Crippen LogP contribution in [-0.4, -0.2) is 23.1 Å². The van der Waals surface area contributed by atoms with Gasteiger partial charge in [0.1, 0.15) is 5.75 Å². The summed E-state index contributed by atoms with van der Waals surface area (Å²) in [7, 11) is 0. The summed E-state index contributed by atoms with van der Waals surface area (Å²) in [4.78, 5) is 2.46. The van der Waals surface area contributed by atoms with Crippen molar-refractivity contribution in [3.8, 4) is 5.75 Å². The van der Waals surface area contributed by atoms with Gasteiger partial charge in [0.05, 0.1) is 0 Å². The minimum absolute atomic E-state index is 0.351. The Morgan fingerprint density at radius 1 is 1.38 bits per heavy atom. The third kappa shape index (κ3) is 2.98. The van der Waals surface area contributed by atoms with E-state index in [0.717, 1.165) is 16.9 Å². The summed E-state index contributed by atoms with van der Waals surface area (Å²) in [5.74, 6) is 1.22. The lowest BCUT2D eigenvalue weighted by Gasteiger charge is -2.30. The van der Waals surface area contributed by atoms with Crippen molar-refractivity contribution in [3.63, 3.8) is 0 Å². The topological polar surface area (TPSA) is 23.5 Å². The minimum Gasteiger partial charge on any atom is -0.508 e. The van der Waals surface area contributed by atoms with E-state index in [1.807, 2.05) is 12.1 Å². The van der Waals surface area contributed by atoms with E-state index in [2.05, 4.69) is 27.8 Å². The van der Waals surface area contributed by atoms with Crippen LogP contribution in [0.25, 0.3) is 0 Å². The van der Waals surface area contributed by atoms with Crippen LogP contribution in [0.5, 0.6) is 5.75 Å². The second kappa shape index (κ2) is 5.19. The summed E-state index contributed by atoms with van der Waals surface area (Å²) in [6.07, 6.45) is 2.58. The van der Waals surface area contributed by atoms with E-state index in [9.17, 15) is 5.11 Å². The van der Waals surface area contributed by atoms with Gasteiger partial charge in [0, 0.05) is 11.0 Å². The Kier molecular flexibility index (Phi) is 3.87. The molecule has 1 aromatic carbocycles. The first-order chi connectivity index (χ1) is 7.65. The van der Waals surface area contributed by atoms with Gasteiger partial charge in [-0.3, -0.25) is 4.90 Å². The highest BCUT2D eigenvalue weighted by Gasteiger charge is 2.16. The molecule has 3 heteroatoms. The molecule has 2 nitrogen and oxygen atoms in total. The standard InChI is InChI=1S/C13H18BrNO/c1-10-4-6-15(7-5-10)9-11-8-12(16)2-3-13(11)14/h2-3,8,10,16H,4-7,9H2,1H3. The quantitative estimate of drug-likeness (QED) is 0.900. The number of halogens is 1. The number of piperidine rings is 1. The summed E-state index contributed by atoms with van der Waals surface area (Å²) in [5.41, 5.74) is 1.18. The fraction of sp³-hybridized carbons (Fsp3) is 0.538. The number of likely N-dealkylation sites (tertiary alicyclic amines) is 1. The van der Waals surface area contributed by atoms with Gasteiger partial charge in [-0.1, -0.05) is 22.9 Å². The lowest BCUT2D eigenvalue weighted by Crippen LogP contribution is -2.32. The lowest BCUT2D eigenvalue weighted by molar-refractivity contribution is 0.185. The van der Waals surface area contributed by atoms with Gasteiger partial charge in [0.2, 0.25) is 0 Å². The molecule has 16 heavy (non-hydrogen) atoms. The first-order valence-corrected chi connectivity index (χ1v) is 6.64. The number of hydrogen-bond acceptors (Lipinski definition) is 2. The highest BCUT2D eigenvalue weighted by molar-refractivity contribution is 9.10. The Morgan fingerprint density at radius 2 is 2.06 bits per heavy atom. The van der Waals surface area contributed by atoms with Gasteiger partial charge in [-0.2, -0.15) is 0 Å². The summed E-state index contributed by atoms with van der Waals surface area (Å²) in [6, 6.07) is 5.48. The van der Waals surface area contributed by atoms with Crippen LogP contribution in [0.2, 0.25) is 0 Å². The molecule has 2 rings (SSSR count). The largest absolute Gasteiger partial charge is 0.508 e. The zero-order chi connectivity index (χ0) is 11.5. The van der Waals surface area contributed by atoms with Gasteiger partial charge in [0.25, 0.3) is 0 Å². The zero-order valence-corrected chi connectivity index (χ0v) is 11.2. The molecule has 0 unspecified atom stereocenters. The van der Waals surface area contributed by atoms with E-state index >= 15 is 0 Å². The molecule has 1 aliphatic heterocycles. The molecule has 0 aliphatic carbocycles. The van der Waals surface area contributed by atoms with Crippen molar-refractivity contribution < 1.29 is 5.11 Å². The van der Waals surface area contributed by atoms with Gasteiger partial charge in [-0.15, -0.1) is 0 Å². The van der Waals surface area contributed by atoms with Crippen molar-refractivity contribution in [2.24, 2.45) is 5.92 Å². The maximum absolute atomic E-state index is 9.47. The van der Waals surface area contributed by atoms with E-state index in [1.54, 1.807) is 6.07 Å². The SMILES string of the molecule is CC1CCN(Cc2cc(O)ccc2Br)CC1. The van der Waals surface area contributed by atoms with Crippen LogP contribution in [0.15, 0.2) is 22.7 Å². The molecule has 1 saturated heterocycles. The van der Waals surface area contributed by atoms with Gasteiger partial charge in [0.15, 0.2) is 0 Å². The number of nitrogens with zero attached hydrogens (tertiary/aromatic N) is 1. The van der Waals surface area contributed by atoms with E-state index in [0.29, 0.717) is 5.75 Å². The fourth-order valence-electron chi connectivity index (χ4n) is 2.14. The molecule has 0 aromatic heterocycles. The van der Waals surface area contributed by atoms with E-state index < -0.39 is 0 Å². The van der Waals surface area contributed by atoms with Gasteiger partial charge >= 0.3 is 0 Å².